The number of aromatic nitrogens is 2. The van der Waals surface area contributed by atoms with E-state index in [1.165, 1.54) is 0 Å². The van der Waals surface area contributed by atoms with Crippen LogP contribution in [-0.2, 0) is 0 Å². The molecule has 0 spiro atoms. The molecule has 2 N–H and O–H groups in total. The third-order valence-electron chi connectivity index (χ3n) is 3.32. The quantitative estimate of drug-likeness (QED) is 0.904. The Kier molecular flexibility index (Phi) is 3.05. The molecule has 0 saturated carbocycles. The molecule has 1 aromatic heterocycles. The van der Waals surface area contributed by atoms with Gasteiger partial charge < -0.3 is 15.2 Å². The fraction of sp³-hybridized carbons (Fsp3) is 0.286. The van der Waals surface area contributed by atoms with Crippen LogP contribution in [0.1, 0.15) is 22.7 Å². The summed E-state index contributed by atoms with van der Waals surface area (Å²) in [6.45, 7) is 2.78. The zero-order chi connectivity index (χ0) is 13.2. The summed E-state index contributed by atoms with van der Waals surface area (Å²) >= 11 is 0. The molecule has 98 valence electrons. The summed E-state index contributed by atoms with van der Waals surface area (Å²) in [6.07, 6.45) is 1.66. The second kappa shape index (κ2) is 4.85. The third kappa shape index (κ3) is 2.13. The van der Waals surface area contributed by atoms with E-state index in [-0.39, 0.29) is 12.7 Å². The van der Waals surface area contributed by atoms with Gasteiger partial charge in [0.1, 0.15) is 0 Å². The monoisotopic (exact) mass is 257 g/mol. The molecular weight excluding hydrogens is 242 g/mol. The first-order valence-corrected chi connectivity index (χ1v) is 6.17. The average molecular weight is 257 g/mol. The Hall–Kier alpha value is -2.14. The van der Waals surface area contributed by atoms with Gasteiger partial charge in [-0.25, -0.2) is 0 Å². The van der Waals surface area contributed by atoms with E-state index in [9.17, 15) is 0 Å². The average Bonchev–Trinajstić information content (AvgIpc) is 2.88. The van der Waals surface area contributed by atoms with Gasteiger partial charge in [0.05, 0.1) is 5.69 Å². The zero-order valence-electron chi connectivity index (χ0n) is 10.7. The van der Waals surface area contributed by atoms with Gasteiger partial charge in [-0.3, -0.25) is 0 Å². The number of nitrogens with two attached hydrogens (primary N) is 1. The molecule has 0 bridgehead atoms. The van der Waals surface area contributed by atoms with Gasteiger partial charge in [0, 0.05) is 18.7 Å². The van der Waals surface area contributed by atoms with Gasteiger partial charge in [-0.1, -0.05) is 0 Å². The Bertz CT molecular complexity index is 587. The minimum Gasteiger partial charge on any atom is -0.454 e. The van der Waals surface area contributed by atoms with Crippen LogP contribution in [0.4, 0.5) is 0 Å². The highest BCUT2D eigenvalue weighted by atomic mass is 16.7. The van der Waals surface area contributed by atoms with Gasteiger partial charge in [0.25, 0.3) is 0 Å². The molecule has 0 aliphatic carbocycles. The molecule has 0 radical (unpaired) electrons. The van der Waals surface area contributed by atoms with Crippen LogP contribution in [-0.4, -0.2) is 23.5 Å². The highest BCUT2D eigenvalue weighted by molar-refractivity contribution is 5.50. The molecule has 2 aromatic rings. The van der Waals surface area contributed by atoms with Crippen molar-refractivity contribution < 1.29 is 9.47 Å². The lowest BCUT2D eigenvalue weighted by molar-refractivity contribution is 0.174. The molecule has 1 aliphatic rings. The van der Waals surface area contributed by atoms with Gasteiger partial charge in [0.2, 0.25) is 6.79 Å². The largest absolute Gasteiger partial charge is 0.454 e. The molecule has 0 fully saturated rings. The summed E-state index contributed by atoms with van der Waals surface area (Å²) in [5.74, 6) is 1.57. The summed E-state index contributed by atoms with van der Waals surface area (Å²) in [4.78, 5) is 0. The maximum atomic E-state index is 5.91. The number of benzene rings is 1. The van der Waals surface area contributed by atoms with Gasteiger partial charge in [0.15, 0.2) is 11.5 Å². The standard InChI is InChI=1S/C14H15N3O2/c1-9-5-13-14(19-8-18-13)6-10(9)11(7-15)12-3-2-4-16-17-12/h2-6,11H,7-8,15H2,1H3. The maximum Gasteiger partial charge on any atom is 0.231 e. The van der Waals surface area contributed by atoms with E-state index >= 15 is 0 Å². The van der Waals surface area contributed by atoms with Crippen LogP contribution in [0.2, 0.25) is 0 Å². The second-order valence-corrected chi connectivity index (χ2v) is 4.50. The van der Waals surface area contributed by atoms with E-state index in [4.69, 9.17) is 15.2 Å². The van der Waals surface area contributed by atoms with Crippen LogP contribution >= 0.6 is 0 Å². The lowest BCUT2D eigenvalue weighted by atomic mass is 9.91. The first-order chi connectivity index (χ1) is 9.29. The van der Waals surface area contributed by atoms with Gasteiger partial charge in [-0.15, -0.1) is 0 Å². The number of ether oxygens (including phenoxy) is 2. The number of hydrogen-bond donors (Lipinski definition) is 1. The smallest absolute Gasteiger partial charge is 0.231 e. The lowest BCUT2D eigenvalue weighted by Crippen LogP contribution is -2.16. The molecule has 2 heterocycles. The van der Waals surface area contributed by atoms with E-state index in [0.29, 0.717) is 6.54 Å². The Morgan fingerprint density at radius 3 is 2.79 bits per heavy atom. The Morgan fingerprint density at radius 2 is 2.11 bits per heavy atom. The molecule has 1 unspecified atom stereocenters. The Morgan fingerprint density at radius 1 is 1.32 bits per heavy atom. The maximum absolute atomic E-state index is 5.91. The topological polar surface area (TPSA) is 70.3 Å². The van der Waals surface area contributed by atoms with E-state index in [2.05, 4.69) is 10.2 Å². The van der Waals surface area contributed by atoms with Crippen molar-refractivity contribution in [2.45, 2.75) is 12.8 Å². The van der Waals surface area contributed by atoms with Crippen molar-refractivity contribution in [2.75, 3.05) is 13.3 Å². The van der Waals surface area contributed by atoms with Crippen molar-refractivity contribution in [2.24, 2.45) is 5.73 Å². The number of aryl methyl sites for hydroxylation is 1. The van der Waals surface area contributed by atoms with Crippen molar-refractivity contribution in [1.29, 1.82) is 0 Å². The second-order valence-electron chi connectivity index (χ2n) is 4.50. The Balaban J connectivity index is 2.05. The van der Waals surface area contributed by atoms with Gasteiger partial charge >= 0.3 is 0 Å². The third-order valence-corrected chi connectivity index (χ3v) is 3.32. The fourth-order valence-electron chi connectivity index (χ4n) is 2.34. The minimum atomic E-state index is 0.0169. The lowest BCUT2D eigenvalue weighted by Gasteiger charge is -2.17. The summed E-state index contributed by atoms with van der Waals surface area (Å²) in [5.41, 5.74) is 9.00. The first kappa shape index (κ1) is 11.9. The van der Waals surface area contributed by atoms with Gasteiger partial charge in [-0.05, 0) is 42.3 Å². The summed E-state index contributed by atoms with van der Waals surface area (Å²) in [5, 5.41) is 8.08. The van der Waals surface area contributed by atoms with E-state index < -0.39 is 0 Å². The zero-order valence-corrected chi connectivity index (χ0v) is 10.7. The SMILES string of the molecule is Cc1cc2c(cc1C(CN)c1cccnn1)OCO2. The molecule has 0 amide bonds. The van der Waals surface area contributed by atoms with Crippen molar-refractivity contribution in [3.8, 4) is 11.5 Å². The molecule has 5 nitrogen and oxygen atoms in total. The first-order valence-electron chi connectivity index (χ1n) is 6.17. The van der Waals surface area contributed by atoms with Crippen LogP contribution in [0.3, 0.4) is 0 Å². The van der Waals surface area contributed by atoms with Crippen molar-refractivity contribution in [3.05, 3.63) is 47.3 Å². The van der Waals surface area contributed by atoms with E-state index in [1.54, 1.807) is 6.20 Å². The van der Waals surface area contributed by atoms with Crippen molar-refractivity contribution in [1.82, 2.24) is 10.2 Å². The molecule has 3 rings (SSSR count). The highest BCUT2D eigenvalue weighted by Gasteiger charge is 2.21. The normalized spacial score (nSPS) is 14.4. The van der Waals surface area contributed by atoms with Crippen molar-refractivity contribution in [3.63, 3.8) is 0 Å². The molecule has 1 atom stereocenters. The predicted molar refractivity (Wildman–Crippen MR) is 70.2 cm³/mol. The Labute approximate surface area is 111 Å². The van der Waals surface area contributed by atoms with E-state index in [0.717, 1.165) is 28.3 Å². The molecule has 0 saturated heterocycles. The number of rotatable bonds is 3. The molecular formula is C14H15N3O2. The number of nitrogens with zero attached hydrogens (tertiary/aromatic N) is 2. The molecule has 19 heavy (non-hydrogen) atoms. The van der Waals surface area contributed by atoms with Crippen LogP contribution in [0, 0.1) is 6.92 Å². The molecule has 1 aromatic carbocycles. The predicted octanol–water partition coefficient (Wildman–Crippen LogP) is 1.60. The van der Waals surface area contributed by atoms with Crippen molar-refractivity contribution >= 4 is 0 Å². The van der Waals surface area contributed by atoms with E-state index in [1.807, 2.05) is 31.2 Å². The van der Waals surface area contributed by atoms with Crippen LogP contribution < -0.4 is 15.2 Å². The van der Waals surface area contributed by atoms with Crippen LogP contribution in [0.25, 0.3) is 0 Å². The fourth-order valence-corrected chi connectivity index (χ4v) is 2.34. The van der Waals surface area contributed by atoms with Crippen LogP contribution in [0.15, 0.2) is 30.5 Å². The minimum absolute atomic E-state index is 0.0169. The highest BCUT2D eigenvalue weighted by Crippen LogP contribution is 2.38. The number of hydrogen-bond acceptors (Lipinski definition) is 5. The summed E-state index contributed by atoms with van der Waals surface area (Å²) < 4.78 is 10.8. The summed E-state index contributed by atoms with van der Waals surface area (Å²) in [6, 6.07) is 7.78. The summed E-state index contributed by atoms with van der Waals surface area (Å²) in [7, 11) is 0. The van der Waals surface area contributed by atoms with Crippen LogP contribution in [0.5, 0.6) is 11.5 Å². The van der Waals surface area contributed by atoms with Gasteiger partial charge in [-0.2, -0.15) is 10.2 Å². The number of fused-ring (bicyclic) bond motifs is 1. The molecule has 1 aliphatic heterocycles. The molecule has 5 heteroatoms.